The molecule has 0 spiro atoms. The molecule has 8 heteroatoms. The molecule has 0 aromatic heterocycles. The van der Waals surface area contributed by atoms with E-state index in [0.717, 1.165) is 0 Å². The third-order valence-corrected chi connectivity index (χ3v) is 5.25. The predicted molar refractivity (Wildman–Crippen MR) is 105 cm³/mol. The van der Waals surface area contributed by atoms with Gasteiger partial charge in [-0.05, 0) is 54.6 Å². The van der Waals surface area contributed by atoms with Crippen molar-refractivity contribution in [2.24, 2.45) is 0 Å². The van der Waals surface area contributed by atoms with E-state index in [1.807, 2.05) is 0 Å². The van der Waals surface area contributed by atoms with Gasteiger partial charge in [0.05, 0.1) is 17.7 Å². The van der Waals surface area contributed by atoms with Crippen LogP contribution in [0.5, 0.6) is 5.75 Å². The molecule has 144 valence electrons. The molecule has 0 saturated carbocycles. The van der Waals surface area contributed by atoms with Crippen molar-refractivity contribution in [3.8, 4) is 5.75 Å². The number of nitrogens with one attached hydrogen (secondary N) is 2. The van der Waals surface area contributed by atoms with E-state index in [1.54, 1.807) is 30.3 Å². The van der Waals surface area contributed by atoms with E-state index in [1.165, 1.54) is 49.6 Å². The maximum absolute atomic E-state index is 13.7. The monoisotopic (exact) mass is 400 g/mol. The zero-order chi connectivity index (χ0) is 20.1. The van der Waals surface area contributed by atoms with Crippen LogP contribution in [0.25, 0.3) is 0 Å². The zero-order valence-corrected chi connectivity index (χ0v) is 15.7. The van der Waals surface area contributed by atoms with E-state index in [0.29, 0.717) is 11.4 Å². The molecule has 6 nitrogen and oxygen atoms in total. The Morgan fingerprint density at radius 2 is 1.68 bits per heavy atom. The first-order valence-corrected chi connectivity index (χ1v) is 9.70. The lowest BCUT2D eigenvalue weighted by atomic mass is 10.2. The van der Waals surface area contributed by atoms with Crippen molar-refractivity contribution in [3.63, 3.8) is 0 Å². The molecule has 0 radical (unpaired) electrons. The van der Waals surface area contributed by atoms with Crippen molar-refractivity contribution in [1.82, 2.24) is 0 Å². The summed E-state index contributed by atoms with van der Waals surface area (Å²) in [6, 6.07) is 17.6. The Morgan fingerprint density at radius 3 is 2.36 bits per heavy atom. The van der Waals surface area contributed by atoms with Gasteiger partial charge in [0, 0.05) is 11.3 Å². The van der Waals surface area contributed by atoms with Crippen LogP contribution in [-0.2, 0) is 10.0 Å². The maximum Gasteiger partial charge on any atom is 0.261 e. The van der Waals surface area contributed by atoms with Crippen LogP contribution in [0.3, 0.4) is 0 Å². The minimum atomic E-state index is -3.91. The standard InChI is InChI=1S/C20H17FN2O4S/c1-27-16-11-9-15(10-12-16)23-28(25,26)17-6-4-5-14(13-17)20(24)22-19-8-3-2-7-18(19)21/h2-13,23H,1H3,(H,22,24). The highest BCUT2D eigenvalue weighted by Crippen LogP contribution is 2.21. The van der Waals surface area contributed by atoms with Gasteiger partial charge in [-0.3, -0.25) is 9.52 Å². The van der Waals surface area contributed by atoms with Crippen LogP contribution in [-0.4, -0.2) is 21.4 Å². The maximum atomic E-state index is 13.7. The number of halogens is 1. The second-order valence-corrected chi connectivity index (χ2v) is 7.48. The van der Waals surface area contributed by atoms with Crippen molar-refractivity contribution in [2.75, 3.05) is 17.1 Å². The number of carbonyl (C=O) groups excluding carboxylic acids is 1. The number of carbonyl (C=O) groups is 1. The molecule has 0 heterocycles. The average molecular weight is 400 g/mol. The average Bonchev–Trinajstić information content (AvgIpc) is 2.70. The highest BCUT2D eigenvalue weighted by atomic mass is 32.2. The smallest absolute Gasteiger partial charge is 0.261 e. The van der Waals surface area contributed by atoms with E-state index in [-0.39, 0.29) is 16.1 Å². The van der Waals surface area contributed by atoms with Gasteiger partial charge in [-0.1, -0.05) is 18.2 Å². The van der Waals surface area contributed by atoms with Crippen LogP contribution in [0, 0.1) is 5.82 Å². The minimum Gasteiger partial charge on any atom is -0.497 e. The number of benzene rings is 3. The van der Waals surface area contributed by atoms with Gasteiger partial charge in [-0.25, -0.2) is 12.8 Å². The SMILES string of the molecule is COc1ccc(NS(=O)(=O)c2cccc(C(=O)Nc3ccccc3F)c2)cc1. The van der Waals surface area contributed by atoms with Crippen LogP contribution >= 0.6 is 0 Å². The van der Waals surface area contributed by atoms with Gasteiger partial charge in [-0.15, -0.1) is 0 Å². The van der Waals surface area contributed by atoms with E-state index in [4.69, 9.17) is 4.74 Å². The van der Waals surface area contributed by atoms with Gasteiger partial charge in [0.2, 0.25) is 0 Å². The first kappa shape index (κ1) is 19.4. The molecule has 0 unspecified atom stereocenters. The number of sulfonamides is 1. The summed E-state index contributed by atoms with van der Waals surface area (Å²) in [7, 11) is -2.40. The van der Waals surface area contributed by atoms with Gasteiger partial charge in [0.15, 0.2) is 0 Å². The molecule has 0 saturated heterocycles. The third-order valence-electron chi connectivity index (χ3n) is 3.87. The van der Waals surface area contributed by atoms with E-state index in [9.17, 15) is 17.6 Å². The van der Waals surface area contributed by atoms with E-state index in [2.05, 4.69) is 10.0 Å². The second-order valence-electron chi connectivity index (χ2n) is 5.80. The second kappa shape index (κ2) is 8.10. The molecule has 3 aromatic rings. The number of hydrogen-bond donors (Lipinski definition) is 2. The highest BCUT2D eigenvalue weighted by Gasteiger charge is 2.17. The van der Waals surface area contributed by atoms with E-state index < -0.39 is 21.7 Å². The molecular weight excluding hydrogens is 383 g/mol. The topological polar surface area (TPSA) is 84.5 Å². The predicted octanol–water partition coefficient (Wildman–Crippen LogP) is 3.89. The number of amides is 1. The summed E-state index contributed by atoms with van der Waals surface area (Å²) in [6.07, 6.45) is 0. The molecule has 0 aliphatic carbocycles. The van der Waals surface area contributed by atoms with Crippen molar-refractivity contribution < 1.29 is 22.3 Å². The Hall–Kier alpha value is -3.39. The molecule has 0 atom stereocenters. The normalized spacial score (nSPS) is 10.9. The van der Waals surface area contributed by atoms with Crippen molar-refractivity contribution in [3.05, 3.63) is 84.2 Å². The quantitative estimate of drug-likeness (QED) is 0.658. The number of hydrogen-bond acceptors (Lipinski definition) is 4. The Morgan fingerprint density at radius 1 is 0.964 bits per heavy atom. The van der Waals surface area contributed by atoms with Crippen LogP contribution in [0.1, 0.15) is 10.4 Å². The first-order valence-electron chi connectivity index (χ1n) is 8.22. The van der Waals surface area contributed by atoms with Gasteiger partial charge in [-0.2, -0.15) is 0 Å². The number of para-hydroxylation sites is 1. The fourth-order valence-corrected chi connectivity index (χ4v) is 3.54. The fourth-order valence-electron chi connectivity index (χ4n) is 2.43. The molecule has 0 aliphatic rings. The summed E-state index contributed by atoms with van der Waals surface area (Å²) in [5.41, 5.74) is 0.444. The van der Waals surface area contributed by atoms with Crippen LogP contribution < -0.4 is 14.8 Å². The molecule has 2 N–H and O–H groups in total. The number of anilines is 2. The number of methoxy groups -OCH3 is 1. The lowest BCUT2D eigenvalue weighted by molar-refractivity contribution is 0.102. The van der Waals surface area contributed by atoms with Crippen molar-refractivity contribution >= 4 is 27.3 Å². The summed E-state index contributed by atoms with van der Waals surface area (Å²) in [6.45, 7) is 0. The summed E-state index contributed by atoms with van der Waals surface area (Å²) in [5.74, 6) is -0.609. The lowest BCUT2D eigenvalue weighted by Gasteiger charge is -2.10. The highest BCUT2D eigenvalue weighted by molar-refractivity contribution is 7.92. The first-order chi connectivity index (χ1) is 13.4. The Balaban J connectivity index is 1.81. The molecule has 3 aromatic carbocycles. The molecule has 0 aliphatic heterocycles. The molecule has 3 rings (SSSR count). The largest absolute Gasteiger partial charge is 0.497 e. The molecule has 28 heavy (non-hydrogen) atoms. The molecular formula is C20H17FN2O4S. The zero-order valence-electron chi connectivity index (χ0n) is 14.8. The van der Waals surface area contributed by atoms with Crippen LogP contribution in [0.2, 0.25) is 0 Å². The summed E-state index contributed by atoms with van der Waals surface area (Å²) in [5, 5.41) is 2.42. The molecule has 0 fully saturated rings. The summed E-state index contributed by atoms with van der Waals surface area (Å²) in [4.78, 5) is 12.3. The van der Waals surface area contributed by atoms with Gasteiger partial charge in [0.1, 0.15) is 11.6 Å². The summed E-state index contributed by atoms with van der Waals surface area (Å²) < 4.78 is 46.4. The Bertz CT molecular complexity index is 1100. The number of rotatable bonds is 6. The van der Waals surface area contributed by atoms with Gasteiger partial charge < -0.3 is 10.1 Å². The van der Waals surface area contributed by atoms with Crippen LogP contribution in [0.4, 0.5) is 15.8 Å². The molecule has 1 amide bonds. The minimum absolute atomic E-state index is 0.0112. The van der Waals surface area contributed by atoms with Crippen LogP contribution in [0.15, 0.2) is 77.7 Å². The Labute approximate surface area is 162 Å². The third kappa shape index (κ3) is 4.47. The van der Waals surface area contributed by atoms with Gasteiger partial charge >= 0.3 is 0 Å². The fraction of sp³-hybridized carbons (Fsp3) is 0.0500. The summed E-state index contributed by atoms with van der Waals surface area (Å²) >= 11 is 0. The van der Waals surface area contributed by atoms with E-state index >= 15 is 0 Å². The van der Waals surface area contributed by atoms with Crippen molar-refractivity contribution in [2.45, 2.75) is 4.90 Å². The lowest BCUT2D eigenvalue weighted by Crippen LogP contribution is -2.16. The van der Waals surface area contributed by atoms with Crippen molar-refractivity contribution in [1.29, 1.82) is 0 Å². The van der Waals surface area contributed by atoms with Gasteiger partial charge in [0.25, 0.3) is 15.9 Å². The number of ether oxygens (including phenoxy) is 1. The molecule has 0 bridgehead atoms. The Kier molecular flexibility index (Phi) is 5.60.